The number of nitrogens with one attached hydrogen (secondary N) is 1. The molecule has 0 aliphatic rings. The lowest BCUT2D eigenvalue weighted by atomic mass is 10.1. The zero-order valence-corrected chi connectivity index (χ0v) is 17.3. The van der Waals surface area contributed by atoms with Crippen molar-refractivity contribution in [3.05, 3.63) is 34.3 Å². The number of hydrogen-bond donors (Lipinski definition) is 2. The van der Waals surface area contributed by atoms with Crippen molar-refractivity contribution >= 4 is 23.6 Å². The lowest BCUT2D eigenvalue weighted by molar-refractivity contribution is -0.137. The second-order valence-corrected chi connectivity index (χ2v) is 7.41. The van der Waals surface area contributed by atoms with Gasteiger partial charge in [0.15, 0.2) is 12.2 Å². The quantitative estimate of drug-likeness (QED) is 0.173. The van der Waals surface area contributed by atoms with Gasteiger partial charge in [0.1, 0.15) is 5.84 Å². The minimum atomic E-state index is -0.988. The summed E-state index contributed by atoms with van der Waals surface area (Å²) in [6, 6.07) is -0.859. The third-order valence-electron chi connectivity index (χ3n) is 3.53. The van der Waals surface area contributed by atoms with Crippen LogP contribution in [0.1, 0.15) is 60.3 Å². The topological polar surface area (TPSA) is 85.5 Å². The number of aliphatic imine (C=N–C) groups is 1. The Bertz CT molecular complexity index is 609. The van der Waals surface area contributed by atoms with Crippen molar-refractivity contribution in [3.63, 3.8) is 0 Å². The fraction of sp³-hybridized carbons (Fsp3) is 0.550. The van der Waals surface area contributed by atoms with E-state index in [0.717, 1.165) is 25.7 Å². The Balaban J connectivity index is 4.34. The molecule has 1 atom stereocenters. The van der Waals surface area contributed by atoms with E-state index in [1.54, 1.807) is 13.1 Å². The fourth-order valence-electron chi connectivity index (χ4n) is 2.09. The van der Waals surface area contributed by atoms with E-state index in [9.17, 15) is 9.90 Å². The summed E-state index contributed by atoms with van der Waals surface area (Å²) in [6.07, 6.45) is 10.4. The summed E-state index contributed by atoms with van der Waals surface area (Å²) in [7, 11) is 0. The number of carboxylic acid groups (broad SMARTS) is 1. The van der Waals surface area contributed by atoms with Crippen LogP contribution >= 0.6 is 11.8 Å². The second kappa shape index (κ2) is 14.2. The van der Waals surface area contributed by atoms with Gasteiger partial charge in [-0.15, -0.1) is 11.8 Å². The number of nitrogens with zero attached hydrogens (tertiary/aromatic N) is 2. The number of carboxylic acids is 1. The zero-order chi connectivity index (χ0) is 19.9. The Morgan fingerprint density at radius 2 is 1.77 bits per heavy atom. The Morgan fingerprint density at radius 1 is 1.15 bits per heavy atom. The van der Waals surface area contributed by atoms with Gasteiger partial charge in [-0.3, -0.25) is 10.3 Å². The molecule has 0 bridgehead atoms. The Morgan fingerprint density at radius 3 is 2.35 bits per heavy atom. The molecule has 2 N–H and O–H groups in total. The number of allylic oxidation sites excluding steroid dienone is 5. The standard InChI is InChI=1S/C20H31N3O2S/c1-15(2)8-6-9-16(3)10-7-11-17(4)12-26-13-19(20(24)25)23-18(5)22-14-21/h8,10,12,19H,6-7,9,11,13H2,1-5H3,(H,22,23)(H,24,25). The van der Waals surface area contributed by atoms with E-state index in [2.05, 4.69) is 50.2 Å². The van der Waals surface area contributed by atoms with Gasteiger partial charge in [-0.25, -0.2) is 4.79 Å². The van der Waals surface area contributed by atoms with E-state index >= 15 is 0 Å². The number of amidine groups is 1. The van der Waals surface area contributed by atoms with Crippen LogP contribution in [0.3, 0.4) is 0 Å². The van der Waals surface area contributed by atoms with Crippen LogP contribution in [0.25, 0.3) is 0 Å². The number of nitriles is 1. The lowest BCUT2D eigenvalue weighted by Crippen LogP contribution is -2.25. The molecule has 0 rings (SSSR count). The first-order valence-corrected chi connectivity index (χ1v) is 9.79. The van der Waals surface area contributed by atoms with Gasteiger partial charge in [0.05, 0.1) is 0 Å². The second-order valence-electron chi connectivity index (χ2n) is 6.51. The van der Waals surface area contributed by atoms with Crippen LogP contribution in [0, 0.1) is 11.5 Å². The average molecular weight is 378 g/mol. The molecular weight excluding hydrogens is 346 g/mol. The number of hydrogen-bond acceptors (Lipinski definition) is 4. The molecular formula is C20H31N3O2S. The molecule has 26 heavy (non-hydrogen) atoms. The summed E-state index contributed by atoms with van der Waals surface area (Å²) < 4.78 is 0. The van der Waals surface area contributed by atoms with Crippen LogP contribution in [0.2, 0.25) is 0 Å². The van der Waals surface area contributed by atoms with Crippen molar-refractivity contribution < 1.29 is 9.90 Å². The average Bonchev–Trinajstić information content (AvgIpc) is 2.53. The molecule has 0 saturated carbocycles. The van der Waals surface area contributed by atoms with E-state index < -0.39 is 12.0 Å². The van der Waals surface area contributed by atoms with E-state index in [4.69, 9.17) is 5.26 Å². The smallest absolute Gasteiger partial charge is 0.329 e. The van der Waals surface area contributed by atoms with E-state index in [1.165, 1.54) is 28.5 Å². The van der Waals surface area contributed by atoms with Crippen LogP contribution < -0.4 is 5.32 Å². The van der Waals surface area contributed by atoms with E-state index in [0.29, 0.717) is 11.6 Å². The molecule has 0 aromatic carbocycles. The monoisotopic (exact) mass is 377 g/mol. The summed E-state index contributed by atoms with van der Waals surface area (Å²) in [5.74, 6) is -0.332. The van der Waals surface area contributed by atoms with Gasteiger partial charge < -0.3 is 5.11 Å². The van der Waals surface area contributed by atoms with Crippen LogP contribution in [0.15, 0.2) is 39.3 Å². The summed E-state index contributed by atoms with van der Waals surface area (Å²) in [4.78, 5) is 15.2. The Hall–Kier alpha value is -2.00. The third-order valence-corrected chi connectivity index (χ3v) is 4.61. The minimum Gasteiger partial charge on any atom is -0.480 e. The molecule has 0 radical (unpaired) electrons. The summed E-state index contributed by atoms with van der Waals surface area (Å²) in [5, 5.41) is 22.1. The van der Waals surface area contributed by atoms with Gasteiger partial charge >= 0.3 is 5.97 Å². The number of aliphatic carboxylic acids is 1. The van der Waals surface area contributed by atoms with Crippen molar-refractivity contribution in [2.75, 3.05) is 5.75 Å². The Kier molecular flexibility index (Phi) is 13.1. The summed E-state index contributed by atoms with van der Waals surface area (Å²) in [6.45, 7) is 10.0. The maximum atomic E-state index is 11.2. The molecule has 0 spiro atoms. The molecule has 0 aliphatic carbocycles. The third kappa shape index (κ3) is 13.3. The van der Waals surface area contributed by atoms with Crippen LogP contribution in [0.5, 0.6) is 0 Å². The molecule has 0 aromatic rings. The van der Waals surface area contributed by atoms with Crippen LogP contribution in [-0.4, -0.2) is 28.7 Å². The zero-order valence-electron chi connectivity index (χ0n) is 16.5. The molecule has 144 valence electrons. The highest BCUT2D eigenvalue weighted by Crippen LogP contribution is 2.16. The fourth-order valence-corrected chi connectivity index (χ4v) is 2.99. The SMILES string of the molecule is CC(C)=CCCC(C)=CCCC(C)=CSCC(N=C(C)NC#N)C(=O)O. The Labute approximate surface area is 162 Å². The maximum absolute atomic E-state index is 11.2. The highest BCUT2D eigenvalue weighted by molar-refractivity contribution is 8.02. The van der Waals surface area contributed by atoms with Crippen molar-refractivity contribution in [2.24, 2.45) is 4.99 Å². The minimum absolute atomic E-state index is 0.315. The molecule has 0 aliphatic heterocycles. The molecule has 0 heterocycles. The first-order valence-electron chi connectivity index (χ1n) is 8.74. The normalized spacial score (nSPS) is 13.8. The van der Waals surface area contributed by atoms with Gasteiger partial charge in [-0.05, 0) is 65.7 Å². The molecule has 0 fully saturated rings. The van der Waals surface area contributed by atoms with Gasteiger partial charge in [-0.2, -0.15) is 5.26 Å². The molecule has 0 saturated heterocycles. The molecule has 5 nitrogen and oxygen atoms in total. The predicted molar refractivity (Wildman–Crippen MR) is 111 cm³/mol. The van der Waals surface area contributed by atoms with Gasteiger partial charge in [-0.1, -0.05) is 28.9 Å². The number of carbonyl (C=O) groups is 1. The predicted octanol–water partition coefficient (Wildman–Crippen LogP) is 5.04. The van der Waals surface area contributed by atoms with Crippen LogP contribution in [-0.2, 0) is 4.79 Å². The van der Waals surface area contributed by atoms with E-state index in [-0.39, 0.29) is 0 Å². The molecule has 1 unspecified atom stereocenters. The molecule has 0 amide bonds. The van der Waals surface area contributed by atoms with E-state index in [1.807, 2.05) is 5.41 Å². The number of rotatable bonds is 11. The summed E-state index contributed by atoms with van der Waals surface area (Å²) in [5.41, 5.74) is 3.99. The van der Waals surface area contributed by atoms with Crippen molar-refractivity contribution in [1.29, 1.82) is 5.26 Å². The van der Waals surface area contributed by atoms with Gasteiger partial charge in [0, 0.05) is 5.75 Å². The highest BCUT2D eigenvalue weighted by atomic mass is 32.2. The molecule has 6 heteroatoms. The van der Waals surface area contributed by atoms with Crippen molar-refractivity contribution in [1.82, 2.24) is 5.32 Å². The van der Waals surface area contributed by atoms with Gasteiger partial charge in [0.25, 0.3) is 0 Å². The number of thioether (sulfide) groups is 1. The first-order chi connectivity index (χ1) is 12.3. The van der Waals surface area contributed by atoms with Gasteiger partial charge in [0.2, 0.25) is 0 Å². The largest absolute Gasteiger partial charge is 0.480 e. The molecule has 0 aromatic heterocycles. The van der Waals surface area contributed by atoms with Crippen molar-refractivity contribution in [3.8, 4) is 6.19 Å². The maximum Gasteiger partial charge on any atom is 0.329 e. The highest BCUT2D eigenvalue weighted by Gasteiger charge is 2.15. The summed E-state index contributed by atoms with van der Waals surface area (Å²) >= 11 is 1.44. The van der Waals surface area contributed by atoms with Crippen LogP contribution in [0.4, 0.5) is 0 Å². The van der Waals surface area contributed by atoms with Crippen molar-refractivity contribution in [2.45, 2.75) is 66.3 Å². The first kappa shape index (κ1) is 24.0. The lowest BCUT2D eigenvalue weighted by Gasteiger charge is -2.07.